The molecule has 2 nitrogen and oxygen atoms in total. The maximum Gasteiger partial charge on any atom is 0.416 e. The summed E-state index contributed by atoms with van der Waals surface area (Å²) in [6.07, 6.45) is -1.68. The zero-order valence-electron chi connectivity index (χ0n) is 12.3. The molecule has 1 aromatic heterocycles. The largest absolute Gasteiger partial charge is 0.416 e. The maximum absolute atomic E-state index is 12.8. The molecular weight excluding hydrogens is 323 g/mol. The third-order valence-electron chi connectivity index (χ3n) is 3.80. The minimum Gasteiger partial charge on any atom is -0.356 e. The summed E-state index contributed by atoms with van der Waals surface area (Å²) in [5.74, 6) is 0.304. The second-order valence-electron chi connectivity index (χ2n) is 5.70. The molecular formula is C17H16F3NOS. The lowest BCUT2D eigenvalue weighted by Crippen LogP contribution is -2.26. The molecule has 1 saturated carbocycles. The van der Waals surface area contributed by atoms with Crippen molar-refractivity contribution in [3.05, 3.63) is 46.2 Å². The fourth-order valence-corrected chi connectivity index (χ4v) is 3.23. The molecule has 0 spiro atoms. The molecule has 0 radical (unpaired) electrons. The lowest BCUT2D eigenvalue weighted by molar-refractivity contribution is -0.137. The van der Waals surface area contributed by atoms with Gasteiger partial charge < -0.3 is 5.32 Å². The first kappa shape index (κ1) is 16.1. The van der Waals surface area contributed by atoms with E-state index in [-0.39, 0.29) is 11.8 Å². The molecule has 3 rings (SSSR count). The van der Waals surface area contributed by atoms with Gasteiger partial charge >= 0.3 is 6.18 Å². The smallest absolute Gasteiger partial charge is 0.356 e. The van der Waals surface area contributed by atoms with Gasteiger partial charge in [-0.2, -0.15) is 13.2 Å². The number of carbonyl (C=O) groups is 1. The third-order valence-corrected chi connectivity index (χ3v) is 4.79. The highest BCUT2D eigenvalue weighted by atomic mass is 32.1. The SMILES string of the molecule is O=C(NCCc1cc(-c2cccc(C(F)(F)F)c2)cs1)C1CC1. The van der Waals surface area contributed by atoms with E-state index in [9.17, 15) is 18.0 Å². The lowest BCUT2D eigenvalue weighted by atomic mass is 10.1. The Morgan fingerprint density at radius 3 is 2.70 bits per heavy atom. The number of benzene rings is 1. The predicted octanol–water partition coefficient (Wildman–Crippen LogP) is 4.50. The minimum atomic E-state index is -4.33. The molecule has 1 heterocycles. The highest BCUT2D eigenvalue weighted by Gasteiger charge is 2.30. The van der Waals surface area contributed by atoms with Gasteiger partial charge in [0.05, 0.1) is 5.56 Å². The van der Waals surface area contributed by atoms with Crippen LogP contribution >= 0.6 is 11.3 Å². The van der Waals surface area contributed by atoms with E-state index in [1.807, 2.05) is 11.4 Å². The Hall–Kier alpha value is -1.82. The van der Waals surface area contributed by atoms with Crippen LogP contribution in [0.15, 0.2) is 35.7 Å². The standard InChI is InChI=1S/C17H16F3NOS/c18-17(19,20)14-3-1-2-12(8-14)13-9-15(23-10-13)6-7-21-16(22)11-4-5-11/h1-3,8-11H,4-7H2,(H,21,22). The number of rotatable bonds is 5. The van der Waals surface area contributed by atoms with E-state index in [4.69, 9.17) is 0 Å². The summed E-state index contributed by atoms with van der Waals surface area (Å²) in [6.45, 7) is 0.567. The monoisotopic (exact) mass is 339 g/mol. The van der Waals surface area contributed by atoms with E-state index in [2.05, 4.69) is 5.32 Å². The van der Waals surface area contributed by atoms with Crippen LogP contribution in [0.4, 0.5) is 13.2 Å². The van der Waals surface area contributed by atoms with Crippen molar-refractivity contribution in [1.82, 2.24) is 5.32 Å². The van der Waals surface area contributed by atoms with Crippen LogP contribution in [0, 0.1) is 5.92 Å². The van der Waals surface area contributed by atoms with Crippen LogP contribution in [-0.2, 0) is 17.4 Å². The Kier molecular flexibility index (Phi) is 4.43. The van der Waals surface area contributed by atoms with Gasteiger partial charge in [-0.3, -0.25) is 4.79 Å². The van der Waals surface area contributed by atoms with Gasteiger partial charge in [-0.25, -0.2) is 0 Å². The average Bonchev–Trinajstić information content (AvgIpc) is 3.26. The fraction of sp³-hybridized carbons (Fsp3) is 0.353. The Labute approximate surface area is 136 Å². The van der Waals surface area contributed by atoms with E-state index in [0.717, 1.165) is 29.3 Å². The molecule has 122 valence electrons. The van der Waals surface area contributed by atoms with E-state index in [1.165, 1.54) is 23.5 Å². The zero-order chi connectivity index (χ0) is 16.4. The number of alkyl halides is 3. The molecule has 1 aliphatic carbocycles. The molecule has 1 aliphatic rings. The molecule has 2 aromatic rings. The van der Waals surface area contributed by atoms with Crippen LogP contribution in [0.2, 0.25) is 0 Å². The summed E-state index contributed by atoms with van der Waals surface area (Å²) in [5.41, 5.74) is 0.702. The Bertz CT molecular complexity index is 704. The first-order valence-electron chi connectivity index (χ1n) is 7.46. The molecule has 1 amide bonds. The quantitative estimate of drug-likeness (QED) is 0.854. The van der Waals surface area contributed by atoms with Crippen molar-refractivity contribution in [2.24, 2.45) is 5.92 Å². The lowest BCUT2D eigenvalue weighted by Gasteiger charge is -2.07. The summed E-state index contributed by atoms with van der Waals surface area (Å²) in [6, 6.07) is 7.23. The highest BCUT2D eigenvalue weighted by Crippen LogP contribution is 2.33. The van der Waals surface area contributed by atoms with Gasteiger partial charge in [0.1, 0.15) is 0 Å². The predicted molar refractivity (Wildman–Crippen MR) is 84.2 cm³/mol. The Balaban J connectivity index is 1.63. The van der Waals surface area contributed by atoms with Crippen LogP contribution < -0.4 is 5.32 Å². The molecule has 1 fully saturated rings. The van der Waals surface area contributed by atoms with Crippen molar-refractivity contribution >= 4 is 17.2 Å². The number of amides is 1. The number of thiophene rings is 1. The van der Waals surface area contributed by atoms with Crippen LogP contribution in [0.1, 0.15) is 23.3 Å². The normalized spacial score (nSPS) is 14.7. The van der Waals surface area contributed by atoms with Gasteiger partial charge in [-0.1, -0.05) is 12.1 Å². The Morgan fingerprint density at radius 2 is 2.00 bits per heavy atom. The van der Waals surface area contributed by atoms with Crippen molar-refractivity contribution in [1.29, 1.82) is 0 Å². The van der Waals surface area contributed by atoms with Crippen molar-refractivity contribution in [2.75, 3.05) is 6.54 Å². The van der Waals surface area contributed by atoms with Gasteiger partial charge in [0, 0.05) is 17.3 Å². The number of hydrogen-bond donors (Lipinski definition) is 1. The van der Waals surface area contributed by atoms with E-state index < -0.39 is 11.7 Å². The highest BCUT2D eigenvalue weighted by molar-refractivity contribution is 7.10. The maximum atomic E-state index is 12.8. The van der Waals surface area contributed by atoms with Crippen molar-refractivity contribution in [2.45, 2.75) is 25.4 Å². The molecule has 0 unspecified atom stereocenters. The van der Waals surface area contributed by atoms with Gasteiger partial charge in [-0.05, 0) is 54.0 Å². The number of nitrogens with one attached hydrogen (secondary N) is 1. The third kappa shape index (κ3) is 4.13. The zero-order valence-corrected chi connectivity index (χ0v) is 13.1. The molecule has 0 saturated heterocycles. The molecule has 1 N–H and O–H groups in total. The summed E-state index contributed by atoms with van der Waals surface area (Å²) >= 11 is 1.50. The first-order chi connectivity index (χ1) is 10.9. The van der Waals surface area contributed by atoms with E-state index in [1.54, 1.807) is 6.07 Å². The molecule has 6 heteroatoms. The molecule has 0 atom stereocenters. The van der Waals surface area contributed by atoms with Crippen LogP contribution in [-0.4, -0.2) is 12.5 Å². The summed E-state index contributed by atoms with van der Waals surface area (Å²) < 4.78 is 38.3. The van der Waals surface area contributed by atoms with E-state index >= 15 is 0 Å². The topological polar surface area (TPSA) is 29.1 Å². The van der Waals surface area contributed by atoms with Crippen molar-refractivity contribution in [3.63, 3.8) is 0 Å². The summed E-state index contributed by atoms with van der Waals surface area (Å²) in [5, 5.41) is 4.74. The summed E-state index contributed by atoms with van der Waals surface area (Å²) in [7, 11) is 0. The van der Waals surface area contributed by atoms with Gasteiger partial charge in [-0.15, -0.1) is 11.3 Å². The number of hydrogen-bond acceptors (Lipinski definition) is 2. The van der Waals surface area contributed by atoms with Crippen LogP contribution in [0.3, 0.4) is 0 Å². The van der Waals surface area contributed by atoms with Crippen molar-refractivity contribution < 1.29 is 18.0 Å². The first-order valence-corrected chi connectivity index (χ1v) is 8.34. The van der Waals surface area contributed by atoms with Crippen LogP contribution in [0.5, 0.6) is 0 Å². The number of carbonyl (C=O) groups excluding carboxylic acids is 1. The Morgan fingerprint density at radius 1 is 1.22 bits per heavy atom. The summed E-state index contributed by atoms with van der Waals surface area (Å²) in [4.78, 5) is 12.6. The van der Waals surface area contributed by atoms with Gasteiger partial charge in [0.2, 0.25) is 5.91 Å². The molecule has 0 aliphatic heterocycles. The average molecular weight is 339 g/mol. The fourth-order valence-electron chi connectivity index (χ4n) is 2.34. The van der Waals surface area contributed by atoms with Crippen LogP contribution in [0.25, 0.3) is 11.1 Å². The van der Waals surface area contributed by atoms with Crippen molar-refractivity contribution in [3.8, 4) is 11.1 Å². The minimum absolute atomic E-state index is 0.111. The van der Waals surface area contributed by atoms with E-state index in [0.29, 0.717) is 18.5 Å². The second kappa shape index (κ2) is 6.35. The molecule has 0 bridgehead atoms. The second-order valence-corrected chi connectivity index (χ2v) is 6.69. The van der Waals surface area contributed by atoms with Gasteiger partial charge in [0.25, 0.3) is 0 Å². The van der Waals surface area contributed by atoms with Gasteiger partial charge in [0.15, 0.2) is 0 Å². The molecule has 23 heavy (non-hydrogen) atoms. The molecule has 1 aromatic carbocycles. The number of halogens is 3.